The van der Waals surface area contributed by atoms with Crippen LogP contribution in [0.3, 0.4) is 0 Å². The van der Waals surface area contributed by atoms with Crippen molar-refractivity contribution in [1.29, 1.82) is 0 Å². The SMILES string of the molecule is CCOc1nc(N)nc2c1ncn2CC1(OCP(=O)(OCOC(=O)C(C)(C)C)OCOC(=O)C(C)(C)C)CC1. The van der Waals surface area contributed by atoms with Gasteiger partial charge in [0, 0.05) is 0 Å². The highest BCUT2D eigenvalue weighted by molar-refractivity contribution is 7.53. The van der Waals surface area contributed by atoms with Crippen molar-refractivity contribution >= 4 is 36.6 Å². The van der Waals surface area contributed by atoms with E-state index in [1.165, 1.54) is 0 Å². The lowest BCUT2D eigenvalue weighted by Gasteiger charge is -2.24. The Morgan fingerprint density at radius 1 is 1.03 bits per heavy atom. The number of nitrogens with zero attached hydrogens (tertiary/aromatic N) is 4. The van der Waals surface area contributed by atoms with Gasteiger partial charge in [0.25, 0.3) is 0 Å². The van der Waals surface area contributed by atoms with Gasteiger partial charge >= 0.3 is 19.5 Å². The number of nitrogens with two attached hydrogens (primary N) is 1. The number of hydrogen-bond acceptors (Lipinski definition) is 13. The first-order chi connectivity index (χ1) is 18.1. The molecule has 1 aliphatic carbocycles. The summed E-state index contributed by atoms with van der Waals surface area (Å²) in [5.74, 6) is -0.773. The Morgan fingerprint density at radius 2 is 1.59 bits per heavy atom. The maximum Gasteiger partial charge on any atom is 0.361 e. The number of nitrogen functional groups attached to an aromatic ring is 1. The van der Waals surface area contributed by atoms with Crippen LogP contribution in [0.5, 0.6) is 5.88 Å². The Balaban J connectivity index is 1.69. The predicted molar refractivity (Wildman–Crippen MR) is 139 cm³/mol. The van der Waals surface area contributed by atoms with Crippen molar-refractivity contribution in [3.63, 3.8) is 0 Å². The van der Waals surface area contributed by atoms with Gasteiger partial charge in [-0.3, -0.25) is 23.2 Å². The molecule has 0 aromatic carbocycles. The molecule has 0 aliphatic heterocycles. The van der Waals surface area contributed by atoms with Crippen molar-refractivity contribution in [1.82, 2.24) is 19.5 Å². The molecule has 15 heteroatoms. The molecular formula is C24H38N5O9P. The molecule has 2 aromatic rings. The van der Waals surface area contributed by atoms with Gasteiger partial charge in [-0.05, 0) is 61.3 Å². The summed E-state index contributed by atoms with van der Waals surface area (Å²) in [4.78, 5) is 36.9. The van der Waals surface area contributed by atoms with Gasteiger partial charge in [-0.1, -0.05) is 0 Å². The summed E-state index contributed by atoms with van der Waals surface area (Å²) in [6.07, 6.45) is 2.42. The van der Waals surface area contributed by atoms with Crippen molar-refractivity contribution < 1.29 is 42.1 Å². The van der Waals surface area contributed by atoms with E-state index >= 15 is 0 Å². The number of carbonyl (C=O) groups is 2. The summed E-state index contributed by atoms with van der Waals surface area (Å²) in [7, 11) is -4.02. The minimum atomic E-state index is -4.02. The third kappa shape index (κ3) is 8.34. The molecule has 14 nitrogen and oxygen atoms in total. The minimum absolute atomic E-state index is 0.0411. The highest BCUT2D eigenvalue weighted by atomic mass is 31.2. The monoisotopic (exact) mass is 571 g/mol. The number of ether oxygens (including phenoxy) is 4. The van der Waals surface area contributed by atoms with Gasteiger partial charge in [0.05, 0.1) is 35.9 Å². The molecule has 3 rings (SSSR count). The third-order valence-corrected chi connectivity index (χ3v) is 7.07. The van der Waals surface area contributed by atoms with E-state index in [2.05, 4.69) is 15.0 Å². The summed E-state index contributed by atoms with van der Waals surface area (Å²) >= 11 is 0. The number of rotatable bonds is 13. The Bertz CT molecular complexity index is 1200. The smallest absolute Gasteiger partial charge is 0.361 e. The summed E-state index contributed by atoms with van der Waals surface area (Å²) in [5.41, 5.74) is 4.51. The first kappa shape index (κ1) is 30.7. The van der Waals surface area contributed by atoms with Crippen LogP contribution >= 0.6 is 7.60 Å². The van der Waals surface area contributed by atoms with Gasteiger partial charge in [-0.2, -0.15) is 9.97 Å². The van der Waals surface area contributed by atoms with Crippen LogP contribution in [0.2, 0.25) is 0 Å². The molecule has 0 unspecified atom stereocenters. The number of esters is 2. The van der Waals surface area contributed by atoms with E-state index in [1.807, 2.05) is 6.92 Å². The summed E-state index contributed by atoms with van der Waals surface area (Å²) in [6.45, 7) is 11.3. The number of imidazole rings is 1. The van der Waals surface area contributed by atoms with Crippen LogP contribution in [0, 0.1) is 10.8 Å². The van der Waals surface area contributed by atoms with Crippen LogP contribution in [0.25, 0.3) is 11.2 Å². The Hall–Kier alpha value is -2.80. The van der Waals surface area contributed by atoms with Crippen LogP contribution in [0.15, 0.2) is 6.33 Å². The molecule has 0 atom stereocenters. The zero-order chi connectivity index (χ0) is 29.1. The first-order valence-electron chi connectivity index (χ1n) is 12.6. The molecule has 1 fully saturated rings. The van der Waals surface area contributed by atoms with Crippen LogP contribution in [-0.4, -0.2) is 63.6 Å². The number of fused-ring (bicyclic) bond motifs is 1. The molecule has 1 saturated carbocycles. The quantitative estimate of drug-likeness (QED) is 0.210. The van der Waals surface area contributed by atoms with Gasteiger partial charge in [-0.15, -0.1) is 0 Å². The van der Waals surface area contributed by atoms with Crippen molar-refractivity contribution in [2.24, 2.45) is 10.8 Å². The third-order valence-electron chi connectivity index (χ3n) is 5.63. The molecule has 2 aromatic heterocycles. The summed E-state index contributed by atoms with van der Waals surface area (Å²) in [5, 5.41) is 0. The van der Waals surface area contributed by atoms with Gasteiger partial charge in [0.15, 0.2) is 11.2 Å². The van der Waals surface area contributed by atoms with E-state index in [1.54, 1.807) is 52.4 Å². The molecule has 2 N–H and O–H groups in total. The van der Waals surface area contributed by atoms with E-state index < -0.39 is 55.9 Å². The lowest BCUT2D eigenvalue weighted by molar-refractivity contribution is -0.162. The van der Waals surface area contributed by atoms with Gasteiger partial charge in [-0.25, -0.2) is 4.98 Å². The number of hydrogen-bond donors (Lipinski definition) is 1. The van der Waals surface area contributed by atoms with Crippen LogP contribution in [0.1, 0.15) is 61.3 Å². The summed E-state index contributed by atoms with van der Waals surface area (Å²) in [6, 6.07) is 0. The fraction of sp³-hybridized carbons (Fsp3) is 0.708. The second-order valence-electron chi connectivity index (χ2n) is 11.3. The van der Waals surface area contributed by atoms with Crippen molar-refractivity contribution in [3.05, 3.63) is 6.33 Å². The lowest BCUT2D eigenvalue weighted by atomic mass is 9.98. The normalized spacial score (nSPS) is 15.3. The largest absolute Gasteiger partial charge is 0.476 e. The summed E-state index contributed by atoms with van der Waals surface area (Å²) < 4.78 is 47.7. The maximum atomic E-state index is 13.5. The molecular weight excluding hydrogens is 533 g/mol. The minimum Gasteiger partial charge on any atom is -0.476 e. The van der Waals surface area contributed by atoms with Gasteiger partial charge in [0.1, 0.15) is 6.35 Å². The number of carbonyl (C=O) groups excluding carboxylic acids is 2. The predicted octanol–water partition coefficient (Wildman–Crippen LogP) is 3.63. The second-order valence-corrected chi connectivity index (χ2v) is 13.3. The van der Waals surface area contributed by atoms with Crippen molar-refractivity contribution in [2.45, 2.75) is 73.5 Å². The molecule has 0 spiro atoms. The molecule has 0 amide bonds. The molecule has 0 radical (unpaired) electrons. The lowest BCUT2D eigenvalue weighted by Crippen LogP contribution is -2.26. The van der Waals surface area contributed by atoms with Gasteiger partial charge < -0.3 is 29.2 Å². The average Bonchev–Trinajstić information content (AvgIpc) is 3.48. The molecule has 39 heavy (non-hydrogen) atoms. The van der Waals surface area contributed by atoms with Crippen molar-refractivity contribution in [2.75, 3.05) is 32.3 Å². The Kier molecular flexibility index (Phi) is 9.26. The molecule has 2 heterocycles. The Morgan fingerprint density at radius 3 is 2.08 bits per heavy atom. The van der Waals surface area contributed by atoms with Crippen LogP contribution in [-0.2, 0) is 44.0 Å². The zero-order valence-electron chi connectivity index (χ0n) is 23.5. The topological polar surface area (TPSA) is 176 Å². The molecule has 1 aliphatic rings. The second kappa shape index (κ2) is 11.7. The van der Waals surface area contributed by atoms with E-state index in [0.717, 1.165) is 0 Å². The van der Waals surface area contributed by atoms with Crippen molar-refractivity contribution in [3.8, 4) is 5.88 Å². The van der Waals surface area contributed by atoms with E-state index in [-0.39, 0.29) is 11.8 Å². The van der Waals surface area contributed by atoms with Crippen LogP contribution < -0.4 is 10.5 Å². The zero-order valence-corrected chi connectivity index (χ0v) is 24.4. The number of anilines is 1. The maximum absolute atomic E-state index is 13.5. The van der Waals surface area contributed by atoms with Crippen LogP contribution in [0.4, 0.5) is 5.95 Å². The Labute approximate surface area is 227 Å². The fourth-order valence-electron chi connectivity index (χ4n) is 3.17. The van der Waals surface area contributed by atoms with E-state index in [0.29, 0.717) is 37.2 Å². The average molecular weight is 572 g/mol. The van der Waals surface area contributed by atoms with E-state index in [9.17, 15) is 14.2 Å². The molecule has 218 valence electrons. The highest BCUT2D eigenvalue weighted by Gasteiger charge is 2.47. The molecule has 0 saturated heterocycles. The molecule has 0 bridgehead atoms. The van der Waals surface area contributed by atoms with E-state index in [4.69, 9.17) is 33.7 Å². The first-order valence-corrected chi connectivity index (χ1v) is 14.3. The standard InChI is InChI=1S/C24H38N5O9P/c1-8-33-18-16-17(27-21(25)28-18)29(12-26-16)11-24(9-10-24)36-15-39(32,37-13-34-19(30)22(2,3)4)38-14-35-20(31)23(5,6)7/h12H,8-11,13-15H2,1-7H3,(H2,25,27,28). The van der Waals surface area contributed by atoms with Gasteiger partial charge in [0.2, 0.25) is 25.4 Å². The fourth-order valence-corrected chi connectivity index (χ4v) is 4.25. The number of aromatic nitrogens is 4. The highest BCUT2D eigenvalue weighted by Crippen LogP contribution is 2.52.